The Labute approximate surface area is 64.0 Å². The van der Waals surface area contributed by atoms with Crippen LogP contribution in [-0.2, 0) is 4.57 Å². The van der Waals surface area contributed by atoms with E-state index < -0.39 is 8.25 Å². The van der Waals surface area contributed by atoms with E-state index in [1.807, 2.05) is 0 Å². The monoisotopic (exact) mass is 170 g/mol. The maximum atomic E-state index is 8.74. The summed E-state index contributed by atoms with van der Waals surface area (Å²) in [6.45, 7) is 8.50. The molecule has 0 aliphatic heterocycles. The van der Waals surface area contributed by atoms with Crippen molar-refractivity contribution in [3.8, 4) is 0 Å². The summed E-state index contributed by atoms with van der Waals surface area (Å²) in [6, 6.07) is 0. The minimum Gasteiger partial charge on any atom is -0.326 e. The van der Waals surface area contributed by atoms with Gasteiger partial charge in [0.25, 0.3) is 0 Å². The molecule has 0 radical (unpaired) electrons. The third kappa shape index (κ3) is 18500. The second kappa shape index (κ2) is 22.9. The molecule has 66 valence electrons. The minimum absolute atomic E-state index is 1.25. The van der Waals surface area contributed by atoms with Crippen LogP contribution in [0, 0.1) is 0 Å². The van der Waals surface area contributed by atoms with Crippen molar-refractivity contribution in [3.63, 3.8) is 0 Å². The average Bonchev–Trinajstić information content (AvgIpc) is 1.65. The van der Waals surface area contributed by atoms with Crippen molar-refractivity contribution in [1.29, 1.82) is 0 Å². The predicted octanol–water partition coefficient (Wildman–Crippen LogP) is 2.19. The summed E-state index contributed by atoms with van der Waals surface area (Å²) in [5.74, 6) is 0. The highest BCUT2D eigenvalue weighted by molar-refractivity contribution is 7.30. The van der Waals surface area contributed by atoms with E-state index in [9.17, 15) is 0 Å². The maximum absolute atomic E-state index is 8.74. The average molecular weight is 170 g/mol. The molecule has 0 aliphatic carbocycles. The van der Waals surface area contributed by atoms with Gasteiger partial charge in [-0.05, 0) is 0 Å². The molecule has 0 saturated carbocycles. The Morgan fingerprint density at radius 1 is 1.00 bits per heavy atom. The molecule has 0 saturated heterocycles. The summed E-state index contributed by atoms with van der Waals surface area (Å²) in [6.07, 6.45) is 2.50. The fourth-order valence-corrected chi connectivity index (χ4v) is 0. The van der Waals surface area contributed by atoms with Gasteiger partial charge >= 0.3 is 8.25 Å². The van der Waals surface area contributed by atoms with Crippen molar-refractivity contribution in [2.45, 2.75) is 40.5 Å². The first-order valence-electron chi connectivity index (χ1n) is 3.48. The van der Waals surface area contributed by atoms with Crippen LogP contribution in [0.5, 0.6) is 0 Å². The van der Waals surface area contributed by atoms with Crippen LogP contribution >= 0.6 is 8.25 Å². The first-order chi connectivity index (χ1) is 4.56. The summed E-state index contributed by atoms with van der Waals surface area (Å²) in [5.41, 5.74) is 0. The fourth-order valence-electron chi connectivity index (χ4n) is 0. The van der Waals surface area contributed by atoms with Gasteiger partial charge < -0.3 is 9.79 Å². The molecule has 0 aromatic carbocycles. The van der Waals surface area contributed by atoms with Gasteiger partial charge in [0.1, 0.15) is 0 Å². The van der Waals surface area contributed by atoms with Gasteiger partial charge in [0.15, 0.2) is 0 Å². The Bertz CT molecular complexity index is 51.0. The largest absolute Gasteiger partial charge is 0.326 e. The zero-order valence-electron chi connectivity index (χ0n) is 7.22. The molecular weight excluding hydrogens is 151 g/mol. The minimum atomic E-state index is -3.13. The van der Waals surface area contributed by atoms with Gasteiger partial charge in [-0.15, -0.1) is 0 Å². The zero-order valence-corrected chi connectivity index (χ0v) is 8.22. The molecule has 3 nitrogen and oxygen atoms in total. The summed E-state index contributed by atoms with van der Waals surface area (Å²) in [7, 11) is -3.13. The quantitative estimate of drug-likeness (QED) is 0.548. The second-order valence-corrected chi connectivity index (χ2v) is 2.26. The van der Waals surface area contributed by atoms with Crippen LogP contribution in [0.4, 0.5) is 0 Å². The van der Waals surface area contributed by atoms with Crippen LogP contribution < -0.4 is 0 Å². The van der Waals surface area contributed by atoms with Crippen molar-refractivity contribution in [3.05, 3.63) is 0 Å². The van der Waals surface area contributed by atoms with Gasteiger partial charge in [-0.25, -0.2) is 0 Å². The molecule has 10 heavy (non-hydrogen) atoms. The molecule has 0 unspecified atom stereocenters. The highest BCUT2D eigenvalue weighted by Gasteiger charge is 1.61. The van der Waals surface area contributed by atoms with Crippen molar-refractivity contribution in [1.82, 2.24) is 0 Å². The van der Waals surface area contributed by atoms with E-state index in [1.54, 1.807) is 0 Å². The third-order valence-electron chi connectivity index (χ3n) is 0. The summed E-state index contributed by atoms with van der Waals surface area (Å²) in [4.78, 5) is 14.3. The van der Waals surface area contributed by atoms with Crippen LogP contribution in [0.2, 0.25) is 0 Å². The summed E-state index contributed by atoms with van der Waals surface area (Å²) < 4.78 is 8.74. The molecule has 0 aromatic rings. The molecule has 0 heterocycles. The highest BCUT2D eigenvalue weighted by atomic mass is 31.1. The summed E-state index contributed by atoms with van der Waals surface area (Å²) in [5, 5.41) is 0. The second-order valence-electron chi connectivity index (χ2n) is 1.70. The molecule has 2 N–H and O–H groups in total. The van der Waals surface area contributed by atoms with E-state index in [1.165, 1.54) is 12.8 Å². The van der Waals surface area contributed by atoms with E-state index in [2.05, 4.69) is 27.7 Å². The van der Waals surface area contributed by atoms with Crippen LogP contribution in [0.3, 0.4) is 0 Å². The third-order valence-corrected chi connectivity index (χ3v) is 0. The van der Waals surface area contributed by atoms with Crippen LogP contribution in [0.1, 0.15) is 40.5 Å². The summed E-state index contributed by atoms with van der Waals surface area (Å²) >= 11 is 0. The standard InChI is InChI=1S/2C3H8.H3O3P/c2*1-3-2;1-4(2)3/h2*3H2,1-2H3;4H,(H2,1,2,3). The van der Waals surface area contributed by atoms with E-state index in [-0.39, 0.29) is 0 Å². The van der Waals surface area contributed by atoms with E-state index in [0.29, 0.717) is 0 Å². The zero-order chi connectivity index (χ0) is 8.99. The van der Waals surface area contributed by atoms with E-state index >= 15 is 0 Å². The van der Waals surface area contributed by atoms with Crippen LogP contribution in [0.25, 0.3) is 0 Å². The van der Waals surface area contributed by atoms with Gasteiger partial charge in [-0.1, -0.05) is 40.5 Å². The number of hydrogen-bond donors (Lipinski definition) is 2. The molecule has 0 bridgehead atoms. The smallest absolute Gasteiger partial charge is 0.314 e. The molecule has 0 amide bonds. The van der Waals surface area contributed by atoms with Crippen LogP contribution in [0.15, 0.2) is 0 Å². The normalized spacial score (nSPS) is 7.10. The Hall–Kier alpha value is 0.150. The molecule has 0 aromatic heterocycles. The van der Waals surface area contributed by atoms with Gasteiger partial charge in [-0.2, -0.15) is 0 Å². The fraction of sp³-hybridized carbons (Fsp3) is 1.00. The van der Waals surface area contributed by atoms with E-state index in [0.717, 1.165) is 0 Å². The molecule has 0 rings (SSSR count). The Kier molecular flexibility index (Phi) is 38.1. The lowest BCUT2D eigenvalue weighted by atomic mass is 10.6. The topological polar surface area (TPSA) is 57.5 Å². The Morgan fingerprint density at radius 3 is 1.00 bits per heavy atom. The Morgan fingerprint density at radius 2 is 1.00 bits per heavy atom. The van der Waals surface area contributed by atoms with Gasteiger partial charge in [0, 0.05) is 0 Å². The predicted molar refractivity (Wildman–Crippen MR) is 45.4 cm³/mol. The van der Waals surface area contributed by atoms with Gasteiger partial charge in [-0.3, -0.25) is 4.57 Å². The first kappa shape index (κ1) is 16.6. The van der Waals surface area contributed by atoms with Crippen molar-refractivity contribution in [2.24, 2.45) is 0 Å². The number of rotatable bonds is 0. The lowest BCUT2D eigenvalue weighted by Crippen LogP contribution is -1.38. The van der Waals surface area contributed by atoms with Gasteiger partial charge in [0.2, 0.25) is 0 Å². The van der Waals surface area contributed by atoms with Crippen LogP contribution in [-0.4, -0.2) is 9.79 Å². The molecule has 0 atom stereocenters. The van der Waals surface area contributed by atoms with Crippen molar-refractivity contribution < 1.29 is 14.4 Å². The van der Waals surface area contributed by atoms with E-state index in [4.69, 9.17) is 14.4 Å². The maximum Gasteiger partial charge on any atom is 0.314 e. The molecular formula is C6H19O3P. The lowest BCUT2D eigenvalue weighted by molar-refractivity contribution is 0.405. The Balaban J connectivity index is -0.0000000750. The van der Waals surface area contributed by atoms with Gasteiger partial charge in [0.05, 0.1) is 0 Å². The molecule has 4 heteroatoms. The van der Waals surface area contributed by atoms with Crippen molar-refractivity contribution in [2.75, 3.05) is 0 Å². The molecule has 0 spiro atoms. The highest BCUT2D eigenvalue weighted by Crippen LogP contribution is 1.98. The first-order valence-corrected chi connectivity index (χ1v) is 4.78. The lowest BCUT2D eigenvalue weighted by Gasteiger charge is -1.61. The SMILES string of the molecule is CCC.CCC.O=[PH](O)O. The number of hydrogen-bond acceptors (Lipinski definition) is 1. The molecule has 0 fully saturated rings. The molecule has 0 aliphatic rings. The van der Waals surface area contributed by atoms with Crippen molar-refractivity contribution >= 4 is 8.25 Å².